The zero-order valence-corrected chi connectivity index (χ0v) is 17.9. The summed E-state index contributed by atoms with van der Waals surface area (Å²) in [4.78, 5) is 8.64. The molecular weight excluding hydrogens is 358 g/mol. The average molecular weight is 390 g/mol. The van der Waals surface area contributed by atoms with Crippen LogP contribution in [0.4, 0.5) is 0 Å². The zero-order valence-electron chi connectivity index (χ0n) is 17.9. The van der Waals surface area contributed by atoms with Gasteiger partial charge in [0.1, 0.15) is 5.82 Å². The Bertz CT molecular complexity index is 951. The minimum absolute atomic E-state index is 0.736. The molecule has 152 valence electrons. The third-order valence-electron chi connectivity index (χ3n) is 4.94. The molecule has 2 N–H and O–H groups in total. The summed E-state index contributed by atoms with van der Waals surface area (Å²) in [7, 11) is 1.81. The maximum atomic E-state index is 4.35. The maximum Gasteiger partial charge on any atom is 0.191 e. The van der Waals surface area contributed by atoms with Crippen LogP contribution in [0.2, 0.25) is 0 Å². The lowest BCUT2D eigenvalue weighted by atomic mass is 10.1. The fourth-order valence-corrected chi connectivity index (χ4v) is 3.55. The average Bonchev–Trinajstić information content (AvgIpc) is 3.08. The molecule has 0 aliphatic carbocycles. The molecule has 1 heterocycles. The highest BCUT2D eigenvalue weighted by Crippen LogP contribution is 2.10. The van der Waals surface area contributed by atoms with Crippen molar-refractivity contribution in [2.75, 3.05) is 13.6 Å². The molecule has 3 rings (SSSR count). The van der Waals surface area contributed by atoms with Gasteiger partial charge in [-0.05, 0) is 43.9 Å². The van der Waals surface area contributed by atoms with Crippen molar-refractivity contribution in [1.29, 1.82) is 0 Å². The number of benzene rings is 2. The number of hydrogen-bond acceptors (Lipinski definition) is 2. The molecule has 5 nitrogen and oxygen atoms in total. The smallest absolute Gasteiger partial charge is 0.191 e. The van der Waals surface area contributed by atoms with Crippen LogP contribution in [0.25, 0.3) is 0 Å². The number of nitrogens with zero attached hydrogens (tertiary/aromatic N) is 3. The largest absolute Gasteiger partial charge is 0.356 e. The Morgan fingerprint density at radius 3 is 2.41 bits per heavy atom. The van der Waals surface area contributed by atoms with Crippen LogP contribution in [0, 0.1) is 20.8 Å². The Morgan fingerprint density at radius 1 is 0.966 bits per heavy atom. The number of rotatable bonds is 7. The van der Waals surface area contributed by atoms with E-state index in [2.05, 4.69) is 81.5 Å². The predicted molar refractivity (Wildman–Crippen MR) is 120 cm³/mol. The summed E-state index contributed by atoms with van der Waals surface area (Å²) in [5.41, 5.74) is 6.48. The Morgan fingerprint density at radius 2 is 1.72 bits per heavy atom. The first-order chi connectivity index (χ1) is 14.0. The number of guanidine groups is 1. The van der Waals surface area contributed by atoms with Crippen molar-refractivity contribution in [2.45, 2.75) is 40.3 Å². The van der Waals surface area contributed by atoms with Gasteiger partial charge in [0.2, 0.25) is 0 Å². The van der Waals surface area contributed by atoms with E-state index >= 15 is 0 Å². The lowest BCUT2D eigenvalue weighted by Crippen LogP contribution is -2.37. The molecule has 0 bridgehead atoms. The van der Waals surface area contributed by atoms with Crippen molar-refractivity contribution in [3.8, 4) is 0 Å². The molecule has 2 aromatic carbocycles. The summed E-state index contributed by atoms with van der Waals surface area (Å²) in [6.07, 6.45) is 4.83. The molecule has 5 heteroatoms. The summed E-state index contributed by atoms with van der Waals surface area (Å²) in [6, 6.07) is 15.3. The second-order valence-electron chi connectivity index (χ2n) is 7.52. The van der Waals surface area contributed by atoms with E-state index in [1.54, 1.807) is 0 Å². The van der Waals surface area contributed by atoms with E-state index < -0.39 is 0 Å². The van der Waals surface area contributed by atoms with Crippen molar-refractivity contribution in [3.05, 3.63) is 88.5 Å². The lowest BCUT2D eigenvalue weighted by molar-refractivity contribution is 0.757. The lowest BCUT2D eigenvalue weighted by Gasteiger charge is -2.13. The maximum absolute atomic E-state index is 4.35. The Kier molecular flexibility index (Phi) is 7.06. The molecule has 0 unspecified atom stereocenters. The van der Waals surface area contributed by atoms with Crippen molar-refractivity contribution in [1.82, 2.24) is 20.2 Å². The van der Waals surface area contributed by atoms with Gasteiger partial charge in [0.15, 0.2) is 5.96 Å². The number of aliphatic imine (C=N–C) groups is 1. The Balaban J connectivity index is 1.50. The van der Waals surface area contributed by atoms with Gasteiger partial charge in [-0.1, -0.05) is 53.6 Å². The van der Waals surface area contributed by atoms with Crippen LogP contribution in [0.1, 0.15) is 33.6 Å². The standard InChI is InChI=1S/C24H31N5/c1-18-12-19(2)14-21(13-18)8-9-27-24(25-4)28-16-22-6-5-7-23(15-22)17-29-11-10-26-20(29)3/h5-7,10-15H,8-9,16-17H2,1-4H3,(H2,25,27,28). The summed E-state index contributed by atoms with van der Waals surface area (Å²) in [5.74, 6) is 1.85. The normalized spacial score (nSPS) is 11.5. The highest BCUT2D eigenvalue weighted by atomic mass is 15.2. The summed E-state index contributed by atoms with van der Waals surface area (Å²) in [5, 5.41) is 6.82. The Labute approximate surface area is 173 Å². The van der Waals surface area contributed by atoms with Crippen molar-refractivity contribution >= 4 is 5.96 Å². The van der Waals surface area contributed by atoms with E-state index in [1.165, 1.54) is 27.8 Å². The minimum atomic E-state index is 0.736. The third kappa shape index (κ3) is 6.21. The second kappa shape index (κ2) is 9.92. The number of aromatic nitrogens is 2. The quantitative estimate of drug-likeness (QED) is 0.478. The van der Waals surface area contributed by atoms with Gasteiger partial charge in [-0.3, -0.25) is 4.99 Å². The molecule has 0 aliphatic heterocycles. The molecule has 1 aromatic heterocycles. The molecule has 0 aliphatic rings. The van der Waals surface area contributed by atoms with Crippen LogP contribution >= 0.6 is 0 Å². The third-order valence-corrected chi connectivity index (χ3v) is 4.94. The summed E-state index contributed by atoms with van der Waals surface area (Å²) < 4.78 is 2.15. The van der Waals surface area contributed by atoms with E-state index in [0.29, 0.717) is 0 Å². The fourth-order valence-electron chi connectivity index (χ4n) is 3.55. The fraction of sp³-hybridized carbons (Fsp3) is 0.333. The van der Waals surface area contributed by atoms with Crippen LogP contribution in [0.5, 0.6) is 0 Å². The number of hydrogen-bond donors (Lipinski definition) is 2. The number of imidazole rings is 1. The monoisotopic (exact) mass is 389 g/mol. The molecule has 3 aromatic rings. The summed E-state index contributed by atoms with van der Waals surface area (Å²) >= 11 is 0. The minimum Gasteiger partial charge on any atom is -0.356 e. The molecule has 0 fully saturated rings. The van der Waals surface area contributed by atoms with Gasteiger partial charge in [-0.15, -0.1) is 0 Å². The highest BCUT2D eigenvalue weighted by molar-refractivity contribution is 5.79. The van der Waals surface area contributed by atoms with Gasteiger partial charge in [0.05, 0.1) is 0 Å². The topological polar surface area (TPSA) is 54.2 Å². The molecule has 0 spiro atoms. The first-order valence-electron chi connectivity index (χ1n) is 10.1. The SMILES string of the molecule is CN=C(NCCc1cc(C)cc(C)c1)NCc1cccc(Cn2ccnc2C)c1. The van der Waals surface area contributed by atoms with Crippen molar-refractivity contribution in [3.63, 3.8) is 0 Å². The highest BCUT2D eigenvalue weighted by Gasteiger charge is 2.03. The molecule has 29 heavy (non-hydrogen) atoms. The molecule has 0 saturated carbocycles. The number of aryl methyl sites for hydroxylation is 3. The molecular formula is C24H31N5. The van der Waals surface area contributed by atoms with E-state index in [-0.39, 0.29) is 0 Å². The van der Waals surface area contributed by atoms with E-state index in [9.17, 15) is 0 Å². The van der Waals surface area contributed by atoms with Gasteiger partial charge in [0.25, 0.3) is 0 Å². The molecule has 0 amide bonds. The molecule has 0 saturated heterocycles. The summed E-state index contributed by atoms with van der Waals surface area (Å²) in [6.45, 7) is 8.74. The van der Waals surface area contributed by atoms with Crippen LogP contribution < -0.4 is 10.6 Å². The zero-order chi connectivity index (χ0) is 20.6. The van der Waals surface area contributed by atoms with Crippen LogP contribution in [0.3, 0.4) is 0 Å². The molecule has 0 radical (unpaired) electrons. The van der Waals surface area contributed by atoms with Gasteiger partial charge >= 0.3 is 0 Å². The van der Waals surface area contributed by atoms with Crippen LogP contribution in [-0.4, -0.2) is 29.1 Å². The van der Waals surface area contributed by atoms with Crippen LogP contribution in [0.15, 0.2) is 59.9 Å². The first kappa shape index (κ1) is 20.6. The van der Waals surface area contributed by atoms with Crippen molar-refractivity contribution in [2.24, 2.45) is 4.99 Å². The van der Waals surface area contributed by atoms with Crippen LogP contribution in [-0.2, 0) is 19.5 Å². The van der Waals surface area contributed by atoms with Crippen molar-refractivity contribution < 1.29 is 0 Å². The number of nitrogens with one attached hydrogen (secondary N) is 2. The van der Waals surface area contributed by atoms with E-state index in [4.69, 9.17) is 0 Å². The van der Waals surface area contributed by atoms with Gasteiger partial charge in [-0.2, -0.15) is 0 Å². The predicted octanol–water partition coefficient (Wildman–Crippen LogP) is 3.76. The van der Waals surface area contributed by atoms with Gasteiger partial charge in [0, 0.05) is 39.1 Å². The first-order valence-corrected chi connectivity index (χ1v) is 10.1. The Hall–Kier alpha value is -3.08. The second-order valence-corrected chi connectivity index (χ2v) is 7.52. The van der Waals surface area contributed by atoms with E-state index in [0.717, 1.165) is 37.8 Å². The van der Waals surface area contributed by atoms with E-state index in [1.807, 2.05) is 26.4 Å². The van der Waals surface area contributed by atoms with Gasteiger partial charge < -0.3 is 15.2 Å². The van der Waals surface area contributed by atoms with Gasteiger partial charge in [-0.25, -0.2) is 4.98 Å². The molecule has 0 atom stereocenters.